The van der Waals surface area contributed by atoms with Crippen molar-refractivity contribution in [3.63, 3.8) is 0 Å². The quantitative estimate of drug-likeness (QED) is 0.733. The molecule has 2 fully saturated rings. The second-order valence-corrected chi connectivity index (χ2v) is 7.29. The van der Waals surface area contributed by atoms with E-state index in [4.69, 9.17) is 9.26 Å². The molecule has 1 amide bonds. The molecule has 0 saturated carbocycles. The first-order valence-corrected chi connectivity index (χ1v) is 9.38. The summed E-state index contributed by atoms with van der Waals surface area (Å²) >= 11 is 0. The predicted octanol–water partition coefficient (Wildman–Crippen LogP) is 0.253. The Morgan fingerprint density at radius 2 is 1.93 bits per heavy atom. The van der Waals surface area contributed by atoms with Crippen LogP contribution in [0.1, 0.15) is 31.0 Å². The van der Waals surface area contributed by atoms with Gasteiger partial charge in [-0.05, 0) is 12.8 Å². The first-order valence-electron chi connectivity index (χ1n) is 9.38. The topological polar surface area (TPSA) is 102 Å². The predicted molar refractivity (Wildman–Crippen MR) is 93.4 cm³/mol. The molecule has 0 bridgehead atoms. The van der Waals surface area contributed by atoms with Gasteiger partial charge in [-0.15, -0.1) is 10.2 Å². The third-order valence-electron chi connectivity index (χ3n) is 5.41. The molecule has 1 spiro atoms. The maximum atomic E-state index is 12.8. The summed E-state index contributed by atoms with van der Waals surface area (Å²) in [6.45, 7) is 6.91. The molecule has 146 valence electrons. The van der Waals surface area contributed by atoms with Crippen molar-refractivity contribution in [1.29, 1.82) is 0 Å². The Bertz CT molecular complexity index is 752. The SMILES string of the molecule is Cc1nc(CN2CCOC3(CCN(CCn4cnnc4)CC3)CC2=O)no1. The number of aromatic nitrogens is 5. The van der Waals surface area contributed by atoms with Crippen molar-refractivity contribution < 1.29 is 14.1 Å². The molecule has 2 saturated heterocycles. The van der Waals surface area contributed by atoms with Crippen molar-refractivity contribution in [3.05, 3.63) is 24.4 Å². The van der Waals surface area contributed by atoms with Gasteiger partial charge in [-0.25, -0.2) is 0 Å². The highest BCUT2D eigenvalue weighted by Gasteiger charge is 2.40. The molecule has 27 heavy (non-hydrogen) atoms. The molecule has 2 aromatic heterocycles. The molecule has 2 aromatic rings. The number of aryl methyl sites for hydroxylation is 1. The van der Waals surface area contributed by atoms with Gasteiger partial charge in [-0.3, -0.25) is 4.79 Å². The summed E-state index contributed by atoms with van der Waals surface area (Å²) < 4.78 is 13.2. The minimum atomic E-state index is -0.341. The number of carbonyl (C=O) groups is 1. The van der Waals surface area contributed by atoms with Gasteiger partial charge in [0.05, 0.1) is 25.2 Å². The highest BCUT2D eigenvalue weighted by Crippen LogP contribution is 2.32. The molecule has 2 aliphatic rings. The number of ether oxygens (including phenoxy) is 1. The van der Waals surface area contributed by atoms with Gasteiger partial charge in [0.1, 0.15) is 12.7 Å². The van der Waals surface area contributed by atoms with Gasteiger partial charge in [0, 0.05) is 39.6 Å². The fraction of sp³-hybridized carbons (Fsp3) is 0.706. The highest BCUT2D eigenvalue weighted by molar-refractivity contribution is 5.77. The average molecular weight is 375 g/mol. The summed E-state index contributed by atoms with van der Waals surface area (Å²) in [5.74, 6) is 1.16. The van der Waals surface area contributed by atoms with E-state index in [2.05, 4.69) is 25.2 Å². The number of carbonyl (C=O) groups excluding carboxylic acids is 1. The van der Waals surface area contributed by atoms with E-state index in [1.54, 1.807) is 24.5 Å². The summed E-state index contributed by atoms with van der Waals surface area (Å²) in [7, 11) is 0. The lowest BCUT2D eigenvalue weighted by Gasteiger charge is -2.40. The van der Waals surface area contributed by atoms with E-state index < -0.39 is 0 Å². The average Bonchev–Trinajstić information content (AvgIpc) is 3.29. The van der Waals surface area contributed by atoms with Crippen molar-refractivity contribution >= 4 is 5.91 Å². The highest BCUT2D eigenvalue weighted by atomic mass is 16.5. The Balaban J connectivity index is 1.30. The van der Waals surface area contributed by atoms with Crippen LogP contribution in [-0.4, -0.2) is 79.0 Å². The van der Waals surface area contributed by atoms with Crippen LogP contribution >= 0.6 is 0 Å². The van der Waals surface area contributed by atoms with Gasteiger partial charge >= 0.3 is 0 Å². The Kier molecular flexibility index (Phi) is 5.17. The van der Waals surface area contributed by atoms with Crippen molar-refractivity contribution in [2.45, 2.75) is 44.9 Å². The Morgan fingerprint density at radius 3 is 2.63 bits per heavy atom. The van der Waals surface area contributed by atoms with Gasteiger partial charge < -0.3 is 23.6 Å². The Morgan fingerprint density at radius 1 is 1.15 bits per heavy atom. The van der Waals surface area contributed by atoms with E-state index in [9.17, 15) is 4.79 Å². The van der Waals surface area contributed by atoms with E-state index in [-0.39, 0.29) is 11.5 Å². The van der Waals surface area contributed by atoms with Crippen molar-refractivity contribution in [2.75, 3.05) is 32.8 Å². The molecular formula is C17H25N7O3. The van der Waals surface area contributed by atoms with Crippen LogP contribution in [0, 0.1) is 6.92 Å². The number of rotatable bonds is 5. The van der Waals surface area contributed by atoms with Gasteiger partial charge in [-0.1, -0.05) is 5.16 Å². The fourth-order valence-electron chi connectivity index (χ4n) is 3.78. The Hall–Kier alpha value is -2.33. The van der Waals surface area contributed by atoms with Crippen molar-refractivity contribution in [3.8, 4) is 0 Å². The van der Waals surface area contributed by atoms with Crippen molar-refractivity contribution in [2.24, 2.45) is 0 Å². The lowest BCUT2D eigenvalue weighted by Crippen LogP contribution is -2.47. The molecule has 0 aliphatic carbocycles. The lowest BCUT2D eigenvalue weighted by atomic mass is 9.87. The number of hydrogen-bond donors (Lipinski definition) is 0. The van der Waals surface area contributed by atoms with Crippen LogP contribution in [0.4, 0.5) is 0 Å². The lowest BCUT2D eigenvalue weighted by molar-refractivity contribution is -0.136. The molecule has 0 aromatic carbocycles. The zero-order valence-electron chi connectivity index (χ0n) is 15.6. The third-order valence-corrected chi connectivity index (χ3v) is 5.41. The number of amides is 1. The number of likely N-dealkylation sites (tertiary alicyclic amines) is 1. The summed E-state index contributed by atoms with van der Waals surface area (Å²) in [4.78, 5) is 21.2. The maximum absolute atomic E-state index is 12.8. The van der Waals surface area contributed by atoms with Gasteiger partial charge in [-0.2, -0.15) is 4.98 Å². The normalized spacial score (nSPS) is 20.9. The zero-order chi connectivity index (χ0) is 18.7. The standard InChI is InChI=1S/C17H25N7O3/c1-14-20-15(21-27-14)11-24-8-9-26-17(10-16(24)25)2-4-22(5-3-17)6-7-23-12-18-19-13-23/h12-13H,2-11H2,1H3. The molecule has 10 nitrogen and oxygen atoms in total. The fourth-order valence-corrected chi connectivity index (χ4v) is 3.78. The minimum absolute atomic E-state index is 0.105. The van der Waals surface area contributed by atoms with Crippen molar-refractivity contribution in [1.82, 2.24) is 34.7 Å². The summed E-state index contributed by atoms with van der Waals surface area (Å²) in [6.07, 6.45) is 5.63. The van der Waals surface area contributed by atoms with Crippen LogP contribution in [-0.2, 0) is 22.6 Å². The first-order chi connectivity index (χ1) is 13.1. The molecule has 0 unspecified atom stereocenters. The van der Waals surface area contributed by atoms with Gasteiger partial charge in [0.15, 0.2) is 5.82 Å². The molecule has 4 rings (SSSR count). The van der Waals surface area contributed by atoms with E-state index >= 15 is 0 Å². The monoisotopic (exact) mass is 375 g/mol. The smallest absolute Gasteiger partial charge is 0.225 e. The second-order valence-electron chi connectivity index (χ2n) is 7.29. The Labute approximate surface area is 157 Å². The van der Waals surface area contributed by atoms with E-state index in [0.29, 0.717) is 37.8 Å². The van der Waals surface area contributed by atoms with Crippen LogP contribution in [0.3, 0.4) is 0 Å². The molecule has 0 radical (unpaired) electrons. The van der Waals surface area contributed by atoms with Crippen LogP contribution in [0.2, 0.25) is 0 Å². The molecule has 10 heteroatoms. The number of nitrogens with zero attached hydrogens (tertiary/aromatic N) is 7. The first kappa shape index (κ1) is 18.1. The van der Waals surface area contributed by atoms with Gasteiger partial charge in [0.2, 0.25) is 11.8 Å². The summed E-state index contributed by atoms with van der Waals surface area (Å²) in [5, 5.41) is 11.5. The van der Waals surface area contributed by atoms with Crippen LogP contribution in [0.15, 0.2) is 17.2 Å². The molecule has 4 heterocycles. The summed E-state index contributed by atoms with van der Waals surface area (Å²) in [6, 6.07) is 0. The third kappa shape index (κ3) is 4.33. The zero-order valence-corrected chi connectivity index (χ0v) is 15.6. The van der Waals surface area contributed by atoms with Crippen LogP contribution in [0.5, 0.6) is 0 Å². The molecule has 0 atom stereocenters. The molecule has 2 aliphatic heterocycles. The van der Waals surface area contributed by atoms with Gasteiger partial charge in [0.25, 0.3) is 0 Å². The molecule has 0 N–H and O–H groups in total. The number of hydrogen-bond acceptors (Lipinski definition) is 8. The minimum Gasteiger partial charge on any atom is -0.373 e. The van der Waals surface area contributed by atoms with Crippen LogP contribution < -0.4 is 0 Å². The molecular weight excluding hydrogens is 350 g/mol. The summed E-state index contributed by atoms with van der Waals surface area (Å²) in [5.41, 5.74) is -0.341. The van der Waals surface area contributed by atoms with E-state index in [1.165, 1.54) is 0 Å². The number of piperidine rings is 1. The van der Waals surface area contributed by atoms with Crippen LogP contribution in [0.25, 0.3) is 0 Å². The van der Waals surface area contributed by atoms with E-state index in [1.807, 2.05) is 4.57 Å². The largest absolute Gasteiger partial charge is 0.373 e. The maximum Gasteiger partial charge on any atom is 0.225 e. The van der Waals surface area contributed by atoms with E-state index in [0.717, 1.165) is 39.0 Å². The second kappa shape index (κ2) is 7.73.